The van der Waals surface area contributed by atoms with Gasteiger partial charge < -0.3 is 15.0 Å². The van der Waals surface area contributed by atoms with Crippen LogP contribution in [0.15, 0.2) is 16.9 Å². The molecule has 0 aliphatic carbocycles. The van der Waals surface area contributed by atoms with Crippen LogP contribution in [0.4, 0.5) is 0 Å². The summed E-state index contributed by atoms with van der Waals surface area (Å²) >= 11 is 0. The highest BCUT2D eigenvalue weighted by molar-refractivity contribution is 5.75. The number of nitrogens with zero attached hydrogens (tertiary/aromatic N) is 1. The molecule has 0 aliphatic heterocycles. The van der Waals surface area contributed by atoms with Gasteiger partial charge in [0, 0.05) is 6.07 Å². The molecule has 54 valence electrons. The average molecular weight is 142 g/mol. The summed E-state index contributed by atoms with van der Waals surface area (Å²) in [6, 6.07) is 1.49. The van der Waals surface area contributed by atoms with Crippen molar-refractivity contribution in [3.63, 3.8) is 0 Å². The smallest absolute Gasteiger partial charge is 0.255 e. The van der Waals surface area contributed by atoms with Crippen LogP contribution in [-0.4, -0.2) is 17.7 Å². The molecule has 0 atom stereocenters. The van der Waals surface area contributed by atoms with Crippen LogP contribution < -0.4 is 10.5 Å². The normalized spacial score (nSPS) is 9.20. The van der Waals surface area contributed by atoms with Gasteiger partial charge in [-0.3, -0.25) is 4.79 Å². The van der Waals surface area contributed by atoms with Crippen molar-refractivity contribution in [3.05, 3.63) is 12.3 Å². The van der Waals surface area contributed by atoms with Crippen molar-refractivity contribution >= 4 is 5.91 Å². The van der Waals surface area contributed by atoms with Crippen molar-refractivity contribution in [1.29, 1.82) is 0 Å². The molecule has 0 radical (unpaired) electrons. The lowest BCUT2D eigenvalue weighted by Crippen LogP contribution is -2.20. The summed E-state index contributed by atoms with van der Waals surface area (Å²) in [5, 5.41) is 3.38. The lowest BCUT2D eigenvalue weighted by molar-refractivity contribution is -0.120. The molecular weight excluding hydrogens is 136 g/mol. The Balaban J connectivity index is 2.35. The first-order valence-corrected chi connectivity index (χ1v) is 2.60. The quantitative estimate of drug-likeness (QED) is 0.619. The van der Waals surface area contributed by atoms with E-state index in [2.05, 4.69) is 9.68 Å². The zero-order valence-corrected chi connectivity index (χ0v) is 5.11. The van der Waals surface area contributed by atoms with Crippen molar-refractivity contribution in [1.82, 2.24) is 5.16 Å². The third kappa shape index (κ3) is 1.77. The minimum absolute atomic E-state index is 0.174. The predicted octanol–water partition coefficient (Wildman–Crippen LogP) is -0.461. The zero-order valence-electron chi connectivity index (χ0n) is 5.11. The Hall–Kier alpha value is -1.52. The number of primary amides is 1. The van der Waals surface area contributed by atoms with E-state index in [0.29, 0.717) is 0 Å². The summed E-state index contributed by atoms with van der Waals surface area (Å²) < 4.78 is 9.15. The minimum atomic E-state index is -0.539. The van der Waals surface area contributed by atoms with Gasteiger partial charge in [-0.25, -0.2) is 0 Å². The second-order valence-corrected chi connectivity index (χ2v) is 1.59. The van der Waals surface area contributed by atoms with Gasteiger partial charge in [0.2, 0.25) is 0 Å². The molecule has 1 heterocycles. The summed E-state index contributed by atoms with van der Waals surface area (Å²) in [4.78, 5) is 10.1. The van der Waals surface area contributed by atoms with Crippen LogP contribution in [0.25, 0.3) is 0 Å². The molecule has 5 nitrogen and oxygen atoms in total. The van der Waals surface area contributed by atoms with Crippen molar-refractivity contribution in [2.24, 2.45) is 5.73 Å². The fourth-order valence-corrected chi connectivity index (χ4v) is 0.421. The summed E-state index contributed by atoms with van der Waals surface area (Å²) in [7, 11) is 0. The van der Waals surface area contributed by atoms with Gasteiger partial charge >= 0.3 is 0 Å². The van der Waals surface area contributed by atoms with E-state index in [1.165, 1.54) is 12.3 Å². The van der Waals surface area contributed by atoms with Gasteiger partial charge in [0.1, 0.15) is 6.26 Å². The summed E-state index contributed by atoms with van der Waals surface area (Å²) in [6.07, 6.45) is 1.34. The van der Waals surface area contributed by atoms with Crippen LogP contribution in [0.5, 0.6) is 5.88 Å². The van der Waals surface area contributed by atoms with E-state index < -0.39 is 5.91 Å². The van der Waals surface area contributed by atoms with E-state index in [1.54, 1.807) is 0 Å². The largest absolute Gasteiger partial charge is 0.465 e. The van der Waals surface area contributed by atoms with E-state index in [1.807, 2.05) is 0 Å². The number of carbonyl (C=O) groups is 1. The molecule has 0 unspecified atom stereocenters. The third-order valence-electron chi connectivity index (χ3n) is 0.776. The molecule has 0 aromatic carbocycles. The van der Waals surface area contributed by atoms with Crippen LogP contribution >= 0.6 is 0 Å². The maximum Gasteiger partial charge on any atom is 0.255 e. The predicted molar refractivity (Wildman–Crippen MR) is 31.2 cm³/mol. The SMILES string of the molecule is NC(=O)COc1ccon1. The zero-order chi connectivity index (χ0) is 7.40. The highest BCUT2D eigenvalue weighted by Crippen LogP contribution is 2.02. The van der Waals surface area contributed by atoms with Crippen LogP contribution in [0.2, 0.25) is 0 Å². The first kappa shape index (κ1) is 6.60. The minimum Gasteiger partial charge on any atom is -0.465 e. The van der Waals surface area contributed by atoms with Crippen LogP contribution in [0.3, 0.4) is 0 Å². The maximum absolute atomic E-state index is 10.1. The molecule has 2 N–H and O–H groups in total. The number of hydrogen-bond acceptors (Lipinski definition) is 4. The highest BCUT2D eigenvalue weighted by Gasteiger charge is 1.98. The molecular formula is C5H6N2O3. The second-order valence-electron chi connectivity index (χ2n) is 1.59. The fraction of sp³-hybridized carbons (Fsp3) is 0.200. The lowest BCUT2D eigenvalue weighted by Gasteiger charge is -1.94. The molecule has 0 spiro atoms. The summed E-state index contributed by atoms with van der Waals surface area (Å²) in [6.45, 7) is -0.174. The number of carbonyl (C=O) groups excluding carboxylic acids is 1. The van der Waals surface area contributed by atoms with Gasteiger partial charge in [-0.2, -0.15) is 0 Å². The maximum atomic E-state index is 10.1. The van der Waals surface area contributed by atoms with Crippen LogP contribution in [-0.2, 0) is 4.79 Å². The first-order valence-electron chi connectivity index (χ1n) is 2.60. The van der Waals surface area contributed by atoms with Crippen molar-refractivity contribution < 1.29 is 14.1 Å². The Kier molecular flexibility index (Phi) is 1.89. The molecule has 0 bridgehead atoms. The molecule has 0 fully saturated rings. The number of aromatic nitrogens is 1. The average Bonchev–Trinajstić information content (AvgIpc) is 2.34. The number of rotatable bonds is 3. The Bertz CT molecular complexity index is 207. The third-order valence-corrected chi connectivity index (χ3v) is 0.776. The molecule has 1 amide bonds. The van der Waals surface area contributed by atoms with Gasteiger partial charge in [-0.15, -0.1) is 0 Å². The Morgan fingerprint density at radius 3 is 3.20 bits per heavy atom. The molecule has 1 aromatic heterocycles. The number of nitrogens with two attached hydrogens (primary N) is 1. The van der Waals surface area contributed by atoms with E-state index in [4.69, 9.17) is 10.5 Å². The van der Waals surface area contributed by atoms with Gasteiger partial charge in [0.25, 0.3) is 11.8 Å². The van der Waals surface area contributed by atoms with E-state index in [9.17, 15) is 4.79 Å². The van der Waals surface area contributed by atoms with E-state index in [-0.39, 0.29) is 12.5 Å². The van der Waals surface area contributed by atoms with Crippen LogP contribution in [0, 0.1) is 0 Å². The number of amides is 1. The molecule has 1 rings (SSSR count). The Morgan fingerprint density at radius 1 is 1.90 bits per heavy atom. The molecule has 5 heteroatoms. The monoisotopic (exact) mass is 142 g/mol. The number of ether oxygens (including phenoxy) is 1. The lowest BCUT2D eigenvalue weighted by atomic mass is 10.6. The molecule has 0 saturated heterocycles. The first-order chi connectivity index (χ1) is 4.79. The molecule has 0 saturated carbocycles. The van der Waals surface area contributed by atoms with Crippen molar-refractivity contribution in [2.75, 3.05) is 6.61 Å². The summed E-state index contributed by atoms with van der Waals surface area (Å²) in [5.41, 5.74) is 4.79. The van der Waals surface area contributed by atoms with E-state index in [0.717, 1.165) is 0 Å². The van der Waals surface area contributed by atoms with Gasteiger partial charge in [-0.05, 0) is 5.16 Å². The number of hydrogen-bond donors (Lipinski definition) is 1. The summed E-state index contributed by atoms with van der Waals surface area (Å²) in [5.74, 6) is -0.276. The Labute approximate surface area is 56.7 Å². The van der Waals surface area contributed by atoms with Gasteiger partial charge in [0.05, 0.1) is 0 Å². The van der Waals surface area contributed by atoms with Crippen LogP contribution in [0.1, 0.15) is 0 Å². The van der Waals surface area contributed by atoms with Gasteiger partial charge in [-0.1, -0.05) is 0 Å². The Morgan fingerprint density at radius 2 is 2.70 bits per heavy atom. The van der Waals surface area contributed by atoms with E-state index >= 15 is 0 Å². The highest BCUT2D eigenvalue weighted by atomic mass is 16.5. The second kappa shape index (κ2) is 2.86. The molecule has 1 aromatic rings. The van der Waals surface area contributed by atoms with Crippen molar-refractivity contribution in [3.8, 4) is 5.88 Å². The van der Waals surface area contributed by atoms with Gasteiger partial charge in [0.15, 0.2) is 6.61 Å². The molecule has 0 aliphatic rings. The fourth-order valence-electron chi connectivity index (χ4n) is 0.421. The van der Waals surface area contributed by atoms with Crippen molar-refractivity contribution in [2.45, 2.75) is 0 Å². The molecule has 10 heavy (non-hydrogen) atoms. The standard InChI is InChI=1S/C5H6N2O3/c6-4(8)3-9-5-1-2-10-7-5/h1-2H,3H2,(H2,6,8). The topological polar surface area (TPSA) is 78.4 Å².